The summed E-state index contributed by atoms with van der Waals surface area (Å²) >= 11 is 0. The van der Waals surface area contributed by atoms with Crippen LogP contribution in [0.5, 0.6) is 5.75 Å². The van der Waals surface area contributed by atoms with Crippen molar-refractivity contribution in [1.82, 2.24) is 4.90 Å². The Morgan fingerprint density at radius 2 is 2.06 bits per heavy atom. The summed E-state index contributed by atoms with van der Waals surface area (Å²) in [7, 11) is 1.63. The van der Waals surface area contributed by atoms with E-state index < -0.39 is 0 Å². The van der Waals surface area contributed by atoms with Crippen molar-refractivity contribution in [3.8, 4) is 5.75 Å². The Hall–Kier alpha value is -3.93. The Morgan fingerprint density at radius 1 is 1.17 bits per heavy atom. The highest BCUT2D eigenvalue weighted by Gasteiger charge is 2.33. The van der Waals surface area contributed by atoms with Gasteiger partial charge >= 0.3 is 0 Å². The average molecular weight is 469 g/mol. The molecule has 35 heavy (non-hydrogen) atoms. The van der Waals surface area contributed by atoms with Crippen LogP contribution in [0, 0.1) is 5.82 Å². The summed E-state index contributed by atoms with van der Waals surface area (Å²) in [5.74, 6) is 0.517. The molecule has 1 amide bonds. The summed E-state index contributed by atoms with van der Waals surface area (Å²) in [6.07, 6.45) is 6.90. The van der Waals surface area contributed by atoms with Crippen LogP contribution in [0.25, 0.3) is 21.9 Å². The number of hydrogen-bond donors (Lipinski definition) is 0. The lowest BCUT2D eigenvalue weighted by Gasteiger charge is -2.20. The third-order valence-electron chi connectivity index (χ3n) is 7.10. The topological polar surface area (TPSA) is 55.0 Å². The van der Waals surface area contributed by atoms with Crippen molar-refractivity contribution >= 4 is 34.1 Å². The lowest BCUT2D eigenvalue weighted by atomic mass is 9.93. The van der Waals surface area contributed by atoms with E-state index in [4.69, 9.17) is 9.15 Å². The second-order valence-corrected chi connectivity index (χ2v) is 9.21. The van der Waals surface area contributed by atoms with E-state index in [-0.39, 0.29) is 30.1 Å². The Morgan fingerprint density at radius 3 is 2.89 bits per heavy atom. The number of amides is 1. The first-order valence-corrected chi connectivity index (χ1v) is 11.8. The molecule has 176 valence electrons. The van der Waals surface area contributed by atoms with Gasteiger partial charge in [-0.05, 0) is 35.7 Å². The molecule has 3 aromatic carbocycles. The van der Waals surface area contributed by atoms with Gasteiger partial charge in [0.15, 0.2) is 11.3 Å². The monoisotopic (exact) mass is 468 g/mol. The van der Waals surface area contributed by atoms with Gasteiger partial charge in [-0.25, -0.2) is 4.39 Å². The number of aliphatic imine (C=N–C) groups is 1. The largest absolute Gasteiger partial charge is 0.493 e. The number of nitrogens with zero attached hydrogens (tertiary/aromatic N) is 2. The Balaban J connectivity index is 1.31. The van der Waals surface area contributed by atoms with Crippen LogP contribution in [-0.4, -0.2) is 30.7 Å². The van der Waals surface area contributed by atoms with Crippen molar-refractivity contribution in [1.29, 1.82) is 0 Å². The van der Waals surface area contributed by atoms with E-state index >= 15 is 0 Å². The number of carbonyl (C=O) groups is 1. The number of allylic oxidation sites excluding steroid dienone is 1. The van der Waals surface area contributed by atoms with Gasteiger partial charge in [-0.1, -0.05) is 42.5 Å². The van der Waals surface area contributed by atoms with Crippen molar-refractivity contribution in [3.05, 3.63) is 89.4 Å². The minimum absolute atomic E-state index is 0.0150. The normalized spacial score (nSPS) is 19.8. The molecule has 0 saturated carbocycles. The van der Waals surface area contributed by atoms with Crippen LogP contribution < -0.4 is 4.74 Å². The molecule has 5 nitrogen and oxygen atoms in total. The molecule has 1 aromatic heterocycles. The van der Waals surface area contributed by atoms with Crippen LogP contribution in [-0.2, 0) is 11.3 Å². The predicted molar refractivity (Wildman–Crippen MR) is 134 cm³/mol. The van der Waals surface area contributed by atoms with Crippen LogP contribution in [0.2, 0.25) is 0 Å². The van der Waals surface area contributed by atoms with E-state index in [1.807, 2.05) is 54.8 Å². The first kappa shape index (κ1) is 21.6. The van der Waals surface area contributed by atoms with Crippen molar-refractivity contribution in [2.24, 2.45) is 4.99 Å². The zero-order valence-electron chi connectivity index (χ0n) is 19.4. The fourth-order valence-corrected chi connectivity index (χ4v) is 5.32. The van der Waals surface area contributed by atoms with Gasteiger partial charge in [-0.2, -0.15) is 0 Å². The van der Waals surface area contributed by atoms with Crippen LogP contribution in [0.3, 0.4) is 0 Å². The minimum Gasteiger partial charge on any atom is -0.493 e. The summed E-state index contributed by atoms with van der Waals surface area (Å²) < 4.78 is 26.4. The Kier molecular flexibility index (Phi) is 5.36. The summed E-state index contributed by atoms with van der Waals surface area (Å²) in [5, 5.41) is 1.99. The smallest absolute Gasteiger partial charge is 0.223 e. The van der Waals surface area contributed by atoms with E-state index in [0.717, 1.165) is 33.9 Å². The van der Waals surface area contributed by atoms with Gasteiger partial charge in [0.25, 0.3) is 0 Å². The number of furan rings is 1. The molecule has 0 N–H and O–H groups in total. The number of halogens is 1. The fraction of sp³-hybridized carbons (Fsp3) is 0.241. The van der Waals surface area contributed by atoms with E-state index in [9.17, 15) is 9.18 Å². The number of hydrogen-bond acceptors (Lipinski definition) is 4. The highest BCUT2D eigenvalue weighted by atomic mass is 19.1. The van der Waals surface area contributed by atoms with Gasteiger partial charge in [0, 0.05) is 60.1 Å². The molecule has 2 atom stereocenters. The highest BCUT2D eigenvalue weighted by molar-refractivity contribution is 6.09. The number of para-hydroxylation sites is 1. The zero-order chi connectivity index (χ0) is 23.9. The molecule has 1 saturated heterocycles. The predicted octanol–water partition coefficient (Wildman–Crippen LogP) is 6.32. The Bertz CT molecular complexity index is 1500. The number of ether oxygens (including phenoxy) is 1. The number of methoxy groups -OCH3 is 1. The van der Waals surface area contributed by atoms with Gasteiger partial charge < -0.3 is 14.1 Å². The maximum absolute atomic E-state index is 14.8. The minimum atomic E-state index is -0.291. The molecule has 3 heterocycles. The van der Waals surface area contributed by atoms with Gasteiger partial charge in [0.05, 0.1) is 7.11 Å². The fourth-order valence-electron chi connectivity index (χ4n) is 5.32. The standard InChI is InChI=1S/C29H25FN2O3/c1-34-26-11-9-22(28-23-6-2-3-7-25(23)35-29(26)28)20-14-27(33)32(16-20)17-21-13-18(8-10-24(21)30)19-5-4-12-31-15-19/h2-4,6-13,15,19-20H,5,14,16-17H2,1H3. The number of rotatable bonds is 5. The molecular formula is C29H25FN2O3. The van der Waals surface area contributed by atoms with E-state index in [0.29, 0.717) is 29.9 Å². The molecule has 0 radical (unpaired) electrons. The third kappa shape index (κ3) is 3.79. The van der Waals surface area contributed by atoms with Crippen LogP contribution in [0.4, 0.5) is 4.39 Å². The molecule has 2 aliphatic rings. The lowest BCUT2D eigenvalue weighted by Crippen LogP contribution is -2.25. The number of benzene rings is 3. The second kappa shape index (κ2) is 8.69. The first-order valence-electron chi connectivity index (χ1n) is 11.8. The Labute approximate surface area is 202 Å². The summed E-state index contributed by atoms with van der Waals surface area (Å²) in [6.45, 7) is 0.775. The average Bonchev–Trinajstić information content (AvgIpc) is 3.46. The molecule has 1 fully saturated rings. The lowest BCUT2D eigenvalue weighted by molar-refractivity contribution is -0.128. The van der Waals surface area contributed by atoms with Gasteiger partial charge in [0.2, 0.25) is 5.91 Å². The maximum atomic E-state index is 14.8. The quantitative estimate of drug-likeness (QED) is 0.344. The zero-order valence-corrected chi connectivity index (χ0v) is 19.4. The highest BCUT2D eigenvalue weighted by Crippen LogP contribution is 2.42. The number of carbonyl (C=O) groups excluding carboxylic acids is 1. The molecule has 2 aliphatic heterocycles. The van der Waals surface area contributed by atoms with E-state index in [2.05, 4.69) is 4.99 Å². The van der Waals surface area contributed by atoms with Crippen molar-refractivity contribution < 1.29 is 18.3 Å². The van der Waals surface area contributed by atoms with Crippen LogP contribution in [0.1, 0.15) is 41.4 Å². The molecule has 0 bridgehead atoms. The number of fused-ring (bicyclic) bond motifs is 3. The first-order chi connectivity index (χ1) is 17.1. The summed E-state index contributed by atoms with van der Waals surface area (Å²) in [5.41, 5.74) is 4.09. The van der Waals surface area contributed by atoms with Crippen molar-refractivity contribution in [2.75, 3.05) is 13.7 Å². The second-order valence-electron chi connectivity index (χ2n) is 9.21. The summed E-state index contributed by atoms with van der Waals surface area (Å²) in [4.78, 5) is 19.0. The van der Waals surface area contributed by atoms with Crippen LogP contribution >= 0.6 is 0 Å². The van der Waals surface area contributed by atoms with Gasteiger partial charge in [-0.15, -0.1) is 0 Å². The third-order valence-corrected chi connectivity index (χ3v) is 7.10. The molecule has 6 rings (SSSR count). The molecule has 0 spiro atoms. The molecular weight excluding hydrogens is 443 g/mol. The SMILES string of the molecule is COc1ccc(C2CC(=O)N(Cc3cc(C4C=NC=CC4)ccc3F)C2)c2c1oc1ccccc12. The van der Waals surface area contributed by atoms with Crippen molar-refractivity contribution in [3.63, 3.8) is 0 Å². The van der Waals surface area contributed by atoms with Crippen LogP contribution in [0.15, 0.2) is 76.3 Å². The van der Waals surface area contributed by atoms with E-state index in [1.54, 1.807) is 24.3 Å². The molecule has 6 heteroatoms. The van der Waals surface area contributed by atoms with Gasteiger partial charge in [-0.3, -0.25) is 9.79 Å². The maximum Gasteiger partial charge on any atom is 0.223 e. The molecule has 2 unspecified atom stereocenters. The summed E-state index contributed by atoms with van der Waals surface area (Å²) in [6, 6.07) is 17.0. The molecule has 0 aliphatic carbocycles. The van der Waals surface area contributed by atoms with Crippen molar-refractivity contribution in [2.45, 2.75) is 31.2 Å². The molecule has 4 aromatic rings. The van der Waals surface area contributed by atoms with Gasteiger partial charge in [0.1, 0.15) is 11.4 Å². The number of likely N-dealkylation sites (tertiary alicyclic amines) is 1. The van der Waals surface area contributed by atoms with E-state index in [1.165, 1.54) is 6.07 Å².